The first-order valence-electron chi connectivity index (χ1n) is 9.94. The van der Waals surface area contributed by atoms with Crippen LogP contribution in [-0.2, 0) is 4.79 Å². The number of amides is 1. The maximum atomic E-state index is 13.0. The van der Waals surface area contributed by atoms with Crippen LogP contribution in [0.25, 0.3) is 0 Å². The molecular weight excluding hydrogens is 437 g/mol. The summed E-state index contributed by atoms with van der Waals surface area (Å²) in [6, 6.07) is 13.7. The van der Waals surface area contributed by atoms with Crippen molar-refractivity contribution in [2.24, 2.45) is 0 Å². The number of halogens is 1. The normalized spacial score (nSPS) is 17.0. The third-order valence-electron chi connectivity index (χ3n) is 4.76. The van der Waals surface area contributed by atoms with Gasteiger partial charge in [0.15, 0.2) is 6.10 Å². The molecule has 1 aliphatic heterocycles. The van der Waals surface area contributed by atoms with Crippen molar-refractivity contribution in [2.75, 3.05) is 17.2 Å². The van der Waals surface area contributed by atoms with Crippen molar-refractivity contribution >= 4 is 35.1 Å². The van der Waals surface area contributed by atoms with Gasteiger partial charge in [-0.2, -0.15) is 0 Å². The third-order valence-corrected chi connectivity index (χ3v) is 6.80. The molecule has 0 fully saturated rings. The number of hydrogen-bond acceptors (Lipinski definition) is 7. The predicted molar refractivity (Wildman–Crippen MR) is 119 cm³/mol. The fourth-order valence-electron chi connectivity index (χ4n) is 3.16. The van der Waals surface area contributed by atoms with E-state index in [1.807, 2.05) is 23.1 Å². The lowest BCUT2D eigenvalue weighted by atomic mass is 10.2. The molecule has 6 nitrogen and oxygen atoms in total. The molecule has 0 bridgehead atoms. The molecule has 9 heteroatoms. The Hall–Kier alpha value is -2.52. The number of benzene rings is 2. The first-order chi connectivity index (χ1) is 15.0. The lowest BCUT2D eigenvalue weighted by Crippen LogP contribution is -2.33. The molecule has 4 rings (SSSR count). The van der Waals surface area contributed by atoms with Crippen LogP contribution in [-0.4, -0.2) is 33.7 Å². The number of carbonyl (C=O) groups excluding carboxylic acids is 1. The molecule has 2 heterocycles. The van der Waals surface area contributed by atoms with Crippen LogP contribution in [0.3, 0.4) is 0 Å². The van der Waals surface area contributed by atoms with Gasteiger partial charge in [-0.05, 0) is 49.7 Å². The molecule has 0 radical (unpaired) electrons. The number of anilines is 1. The molecule has 0 aliphatic carbocycles. The minimum atomic E-state index is -0.501. The molecule has 2 aromatic carbocycles. The molecule has 31 heavy (non-hydrogen) atoms. The highest BCUT2D eigenvalue weighted by Crippen LogP contribution is 2.37. The Balaban J connectivity index is 1.37. The number of para-hydroxylation sites is 1. The Morgan fingerprint density at radius 1 is 1.29 bits per heavy atom. The van der Waals surface area contributed by atoms with Gasteiger partial charge in [0.2, 0.25) is 5.91 Å². The summed E-state index contributed by atoms with van der Waals surface area (Å²) in [6.45, 7) is 4.63. The number of nitrogens with zero attached hydrogens (tertiary/aromatic N) is 3. The van der Waals surface area contributed by atoms with Crippen molar-refractivity contribution in [1.29, 1.82) is 0 Å². The highest BCUT2D eigenvalue weighted by atomic mass is 32.2. The van der Waals surface area contributed by atoms with Gasteiger partial charge in [-0.3, -0.25) is 4.79 Å². The second-order valence-corrected chi connectivity index (χ2v) is 9.55. The summed E-state index contributed by atoms with van der Waals surface area (Å²) in [5.41, 5.74) is 0.954. The number of rotatable bonds is 6. The van der Waals surface area contributed by atoms with Crippen LogP contribution >= 0.6 is 23.5 Å². The van der Waals surface area contributed by atoms with Gasteiger partial charge in [-0.25, -0.2) is 4.39 Å². The highest BCUT2D eigenvalue weighted by molar-refractivity contribution is 8.00. The Morgan fingerprint density at radius 2 is 2.06 bits per heavy atom. The maximum Gasteiger partial charge on any atom is 0.277 e. The zero-order valence-electron chi connectivity index (χ0n) is 17.2. The molecule has 0 N–H and O–H groups in total. The summed E-state index contributed by atoms with van der Waals surface area (Å²) in [6.07, 6.45) is 0.428. The van der Waals surface area contributed by atoms with Crippen molar-refractivity contribution < 1.29 is 18.3 Å². The van der Waals surface area contributed by atoms with Crippen molar-refractivity contribution in [3.63, 3.8) is 0 Å². The summed E-state index contributed by atoms with van der Waals surface area (Å²) in [4.78, 5) is 15.9. The van der Waals surface area contributed by atoms with Gasteiger partial charge in [0.1, 0.15) is 11.6 Å². The molecule has 162 valence electrons. The smallest absolute Gasteiger partial charge is 0.277 e. The van der Waals surface area contributed by atoms with Crippen LogP contribution in [0.4, 0.5) is 10.1 Å². The zero-order valence-corrected chi connectivity index (χ0v) is 18.8. The SMILES string of the molecule is CC1CCN(C(=O)CSc2nnc(C(C)Oc3ccc(F)cc3)o2)c2ccccc2S1. The molecule has 0 saturated carbocycles. The Kier molecular flexibility index (Phi) is 6.82. The standard InChI is InChI=1S/C22H22FN3O3S2/c1-14-11-12-26(18-5-3-4-6-19(18)31-14)20(27)13-30-22-25-24-21(29-22)15(2)28-17-9-7-16(23)8-10-17/h3-10,14-15H,11-13H2,1-2H3. The highest BCUT2D eigenvalue weighted by Gasteiger charge is 2.25. The van der Waals surface area contributed by atoms with Gasteiger partial charge in [-0.15, -0.1) is 22.0 Å². The van der Waals surface area contributed by atoms with E-state index < -0.39 is 6.10 Å². The second kappa shape index (κ2) is 9.74. The monoisotopic (exact) mass is 459 g/mol. The second-order valence-electron chi connectivity index (χ2n) is 7.14. The third kappa shape index (κ3) is 5.40. The fraction of sp³-hybridized carbons (Fsp3) is 0.318. The van der Waals surface area contributed by atoms with Crippen LogP contribution < -0.4 is 9.64 Å². The van der Waals surface area contributed by atoms with Gasteiger partial charge < -0.3 is 14.1 Å². The molecule has 0 saturated heterocycles. The number of hydrogen-bond donors (Lipinski definition) is 0. The van der Waals surface area contributed by atoms with E-state index in [0.29, 0.717) is 28.7 Å². The largest absolute Gasteiger partial charge is 0.481 e. The number of aromatic nitrogens is 2. The minimum absolute atomic E-state index is 0.00232. The van der Waals surface area contributed by atoms with Crippen LogP contribution in [0.15, 0.2) is 63.1 Å². The Labute approximate surface area is 188 Å². The van der Waals surface area contributed by atoms with Crippen molar-refractivity contribution in [2.45, 2.75) is 41.7 Å². The number of carbonyl (C=O) groups is 1. The first-order valence-corrected chi connectivity index (χ1v) is 11.8. The molecule has 1 aliphatic rings. The number of thioether (sulfide) groups is 2. The van der Waals surface area contributed by atoms with Crippen LogP contribution in [0, 0.1) is 5.82 Å². The van der Waals surface area contributed by atoms with Crippen LogP contribution in [0.2, 0.25) is 0 Å². The van der Waals surface area contributed by atoms with Gasteiger partial charge in [0.25, 0.3) is 11.1 Å². The molecular formula is C22H22FN3O3S2. The average molecular weight is 460 g/mol. The molecule has 2 atom stereocenters. The van der Waals surface area contributed by atoms with E-state index in [2.05, 4.69) is 23.2 Å². The van der Waals surface area contributed by atoms with Gasteiger partial charge >= 0.3 is 0 Å². The maximum absolute atomic E-state index is 13.0. The van der Waals surface area contributed by atoms with E-state index >= 15 is 0 Å². The quantitative estimate of drug-likeness (QED) is 0.460. The van der Waals surface area contributed by atoms with E-state index in [-0.39, 0.29) is 17.5 Å². The van der Waals surface area contributed by atoms with E-state index in [1.54, 1.807) is 18.7 Å². The summed E-state index contributed by atoms with van der Waals surface area (Å²) in [5, 5.41) is 8.79. The van der Waals surface area contributed by atoms with Crippen molar-refractivity contribution in [3.8, 4) is 5.75 Å². The molecule has 2 unspecified atom stereocenters. The molecule has 0 spiro atoms. The number of fused-ring (bicyclic) bond motifs is 1. The minimum Gasteiger partial charge on any atom is -0.481 e. The molecule has 1 aromatic heterocycles. The average Bonchev–Trinajstić information content (AvgIpc) is 3.17. The van der Waals surface area contributed by atoms with Crippen molar-refractivity contribution in [1.82, 2.24) is 10.2 Å². The van der Waals surface area contributed by atoms with Gasteiger partial charge in [0.05, 0.1) is 11.4 Å². The van der Waals surface area contributed by atoms with Gasteiger partial charge in [0, 0.05) is 16.7 Å². The van der Waals surface area contributed by atoms with Gasteiger partial charge in [-0.1, -0.05) is 30.8 Å². The van der Waals surface area contributed by atoms with E-state index in [1.165, 1.54) is 36.0 Å². The molecule has 1 amide bonds. The van der Waals surface area contributed by atoms with Crippen LogP contribution in [0.5, 0.6) is 5.75 Å². The summed E-state index contributed by atoms with van der Waals surface area (Å²) in [7, 11) is 0. The van der Waals surface area contributed by atoms with Crippen LogP contribution in [0.1, 0.15) is 32.3 Å². The van der Waals surface area contributed by atoms with Crippen molar-refractivity contribution in [3.05, 3.63) is 60.2 Å². The predicted octanol–water partition coefficient (Wildman–Crippen LogP) is 5.36. The van der Waals surface area contributed by atoms with E-state index in [4.69, 9.17) is 9.15 Å². The van der Waals surface area contributed by atoms with E-state index in [0.717, 1.165) is 17.0 Å². The summed E-state index contributed by atoms with van der Waals surface area (Å²) >= 11 is 3.01. The Morgan fingerprint density at radius 3 is 2.87 bits per heavy atom. The Bertz CT molecular complexity index is 1040. The number of ether oxygens (including phenoxy) is 1. The summed E-state index contributed by atoms with van der Waals surface area (Å²) in [5.74, 6) is 0.666. The summed E-state index contributed by atoms with van der Waals surface area (Å²) < 4.78 is 24.4. The first kappa shape index (κ1) is 21.7. The fourth-order valence-corrected chi connectivity index (χ4v) is 4.92. The topological polar surface area (TPSA) is 68.5 Å². The lowest BCUT2D eigenvalue weighted by molar-refractivity contribution is -0.116. The zero-order chi connectivity index (χ0) is 21.8. The van der Waals surface area contributed by atoms with E-state index in [9.17, 15) is 9.18 Å². The molecule has 3 aromatic rings. The lowest BCUT2D eigenvalue weighted by Gasteiger charge is -2.22.